The maximum atomic E-state index is 13.1. The molecule has 0 atom stereocenters. The molecular formula is C18H20ClF3N2O2. The van der Waals surface area contributed by atoms with Crippen molar-refractivity contribution in [2.75, 3.05) is 32.1 Å². The highest BCUT2D eigenvalue weighted by Crippen LogP contribution is 2.40. The van der Waals surface area contributed by atoms with Gasteiger partial charge in [0.2, 0.25) is 11.8 Å². The summed E-state index contributed by atoms with van der Waals surface area (Å²) in [6.45, 7) is 1.87. The van der Waals surface area contributed by atoms with Gasteiger partial charge in [-0.2, -0.15) is 13.2 Å². The fourth-order valence-corrected chi connectivity index (χ4v) is 3.83. The predicted octanol–water partition coefficient (Wildman–Crippen LogP) is 3.04. The van der Waals surface area contributed by atoms with Gasteiger partial charge < -0.3 is 9.80 Å². The molecule has 0 aliphatic carbocycles. The fraction of sp³-hybridized carbons (Fsp3) is 0.556. The fourth-order valence-electron chi connectivity index (χ4n) is 3.66. The first-order valence-corrected chi connectivity index (χ1v) is 9.12. The van der Waals surface area contributed by atoms with Crippen LogP contribution in [-0.2, 0) is 21.2 Å². The van der Waals surface area contributed by atoms with Crippen LogP contribution in [0.1, 0.15) is 30.4 Å². The largest absolute Gasteiger partial charge is 0.416 e. The normalized spacial score (nSPS) is 19.8. The van der Waals surface area contributed by atoms with Crippen LogP contribution in [0.2, 0.25) is 0 Å². The standard InChI is InChI=1S/C18H20ClF3N2O2/c19-12-15(25)23-9-5-17(6-10-23,16(26)24-7-2-8-24)13-3-1-4-14(11-13)18(20,21)22/h1,3-4,11H,2,5-10,12H2. The van der Waals surface area contributed by atoms with Crippen molar-refractivity contribution in [2.24, 2.45) is 0 Å². The van der Waals surface area contributed by atoms with Crippen LogP contribution < -0.4 is 0 Å². The van der Waals surface area contributed by atoms with Crippen molar-refractivity contribution in [1.29, 1.82) is 0 Å². The van der Waals surface area contributed by atoms with Crippen LogP contribution in [0.5, 0.6) is 0 Å². The van der Waals surface area contributed by atoms with Gasteiger partial charge in [0.15, 0.2) is 0 Å². The Morgan fingerprint density at radius 1 is 1.08 bits per heavy atom. The molecule has 1 aromatic rings. The number of amides is 2. The molecule has 0 aromatic heterocycles. The van der Waals surface area contributed by atoms with Gasteiger partial charge in [0.05, 0.1) is 11.0 Å². The van der Waals surface area contributed by atoms with Crippen molar-refractivity contribution in [2.45, 2.75) is 30.9 Å². The summed E-state index contributed by atoms with van der Waals surface area (Å²) in [5, 5.41) is 0. The van der Waals surface area contributed by atoms with E-state index in [-0.39, 0.29) is 17.7 Å². The molecule has 26 heavy (non-hydrogen) atoms. The van der Waals surface area contributed by atoms with Gasteiger partial charge in [-0.3, -0.25) is 9.59 Å². The average molecular weight is 389 g/mol. The molecule has 142 valence electrons. The molecule has 0 unspecified atom stereocenters. The Balaban J connectivity index is 1.95. The van der Waals surface area contributed by atoms with Gasteiger partial charge in [0.1, 0.15) is 5.88 Å². The minimum Gasteiger partial charge on any atom is -0.342 e. The first-order chi connectivity index (χ1) is 12.3. The zero-order valence-electron chi connectivity index (χ0n) is 14.2. The molecule has 4 nitrogen and oxygen atoms in total. The maximum Gasteiger partial charge on any atom is 0.416 e. The van der Waals surface area contributed by atoms with E-state index in [0.29, 0.717) is 44.6 Å². The lowest BCUT2D eigenvalue weighted by Crippen LogP contribution is -2.57. The van der Waals surface area contributed by atoms with Crippen LogP contribution in [0, 0.1) is 0 Å². The number of hydrogen-bond acceptors (Lipinski definition) is 2. The van der Waals surface area contributed by atoms with E-state index < -0.39 is 17.2 Å². The zero-order valence-corrected chi connectivity index (χ0v) is 14.9. The van der Waals surface area contributed by atoms with E-state index in [1.807, 2.05) is 0 Å². The highest BCUT2D eigenvalue weighted by molar-refractivity contribution is 6.27. The van der Waals surface area contributed by atoms with Gasteiger partial charge in [0.25, 0.3) is 0 Å². The molecule has 2 heterocycles. The number of piperidine rings is 1. The molecule has 0 bridgehead atoms. The van der Waals surface area contributed by atoms with E-state index >= 15 is 0 Å². The number of benzene rings is 1. The van der Waals surface area contributed by atoms with Gasteiger partial charge >= 0.3 is 6.18 Å². The Hall–Kier alpha value is -1.76. The summed E-state index contributed by atoms with van der Waals surface area (Å²) in [6, 6.07) is 5.03. The van der Waals surface area contributed by atoms with Crippen molar-refractivity contribution >= 4 is 23.4 Å². The molecule has 2 saturated heterocycles. The lowest BCUT2D eigenvalue weighted by atomic mass is 9.70. The van der Waals surface area contributed by atoms with Crippen molar-refractivity contribution in [1.82, 2.24) is 9.80 Å². The number of alkyl halides is 4. The monoisotopic (exact) mass is 388 g/mol. The van der Waals surface area contributed by atoms with Crippen LogP contribution in [0.15, 0.2) is 24.3 Å². The second kappa shape index (κ2) is 7.10. The number of halogens is 4. The van der Waals surface area contributed by atoms with Crippen molar-refractivity contribution in [3.63, 3.8) is 0 Å². The summed E-state index contributed by atoms with van der Waals surface area (Å²) in [5.74, 6) is -0.502. The predicted molar refractivity (Wildman–Crippen MR) is 90.9 cm³/mol. The summed E-state index contributed by atoms with van der Waals surface area (Å²) in [5.41, 5.74) is -1.41. The van der Waals surface area contributed by atoms with E-state index in [1.165, 1.54) is 6.07 Å². The number of rotatable bonds is 3. The second-order valence-electron chi connectivity index (χ2n) is 6.82. The van der Waals surface area contributed by atoms with E-state index in [2.05, 4.69) is 0 Å². The molecule has 0 saturated carbocycles. The molecule has 0 N–H and O–H groups in total. The molecule has 2 fully saturated rings. The Morgan fingerprint density at radius 2 is 1.73 bits per heavy atom. The molecular weight excluding hydrogens is 369 g/mol. The molecule has 1 aromatic carbocycles. The SMILES string of the molecule is O=C(CCl)N1CCC(C(=O)N2CCC2)(c2cccc(C(F)(F)F)c2)CC1. The molecule has 2 amide bonds. The van der Waals surface area contributed by atoms with E-state index in [0.717, 1.165) is 18.6 Å². The molecule has 3 rings (SSSR count). The summed E-state index contributed by atoms with van der Waals surface area (Å²) in [4.78, 5) is 28.2. The summed E-state index contributed by atoms with van der Waals surface area (Å²) in [7, 11) is 0. The summed E-state index contributed by atoms with van der Waals surface area (Å²) >= 11 is 5.60. The lowest BCUT2D eigenvalue weighted by molar-refractivity contribution is -0.145. The van der Waals surface area contributed by atoms with Crippen molar-refractivity contribution < 1.29 is 22.8 Å². The first kappa shape index (κ1) is 19.0. The number of nitrogens with zero attached hydrogens (tertiary/aromatic N) is 2. The van der Waals surface area contributed by atoms with E-state index in [4.69, 9.17) is 11.6 Å². The Kier molecular flexibility index (Phi) is 5.19. The third-order valence-corrected chi connectivity index (χ3v) is 5.61. The van der Waals surface area contributed by atoms with Gasteiger partial charge in [-0.1, -0.05) is 18.2 Å². The summed E-state index contributed by atoms with van der Waals surface area (Å²) in [6.07, 6.45) is -2.97. The topological polar surface area (TPSA) is 40.6 Å². The Labute approximate surface area is 154 Å². The number of hydrogen-bond donors (Lipinski definition) is 0. The minimum absolute atomic E-state index is 0.138. The van der Waals surface area contributed by atoms with Crippen molar-refractivity contribution in [3.05, 3.63) is 35.4 Å². The molecule has 0 radical (unpaired) electrons. The lowest BCUT2D eigenvalue weighted by Gasteiger charge is -2.45. The first-order valence-electron chi connectivity index (χ1n) is 8.59. The average Bonchev–Trinajstić information content (AvgIpc) is 2.59. The second-order valence-corrected chi connectivity index (χ2v) is 7.09. The minimum atomic E-state index is -4.47. The smallest absolute Gasteiger partial charge is 0.342 e. The van der Waals surface area contributed by atoms with Crippen LogP contribution in [-0.4, -0.2) is 53.7 Å². The number of likely N-dealkylation sites (tertiary alicyclic amines) is 2. The highest BCUT2D eigenvalue weighted by Gasteiger charge is 2.47. The quantitative estimate of drug-likeness (QED) is 0.747. The van der Waals surface area contributed by atoms with Gasteiger partial charge in [-0.25, -0.2) is 0 Å². The molecule has 0 spiro atoms. The number of carbonyl (C=O) groups is 2. The van der Waals surface area contributed by atoms with Gasteiger partial charge in [0, 0.05) is 26.2 Å². The van der Waals surface area contributed by atoms with E-state index in [1.54, 1.807) is 15.9 Å². The molecule has 8 heteroatoms. The molecule has 2 aliphatic rings. The third kappa shape index (κ3) is 3.41. The van der Waals surface area contributed by atoms with Crippen LogP contribution in [0.3, 0.4) is 0 Å². The van der Waals surface area contributed by atoms with Crippen LogP contribution in [0.25, 0.3) is 0 Å². The maximum absolute atomic E-state index is 13.1. The molecule has 2 aliphatic heterocycles. The Morgan fingerprint density at radius 3 is 2.23 bits per heavy atom. The van der Waals surface area contributed by atoms with Gasteiger partial charge in [-0.15, -0.1) is 11.6 Å². The van der Waals surface area contributed by atoms with Crippen LogP contribution >= 0.6 is 11.6 Å². The number of carbonyl (C=O) groups excluding carboxylic acids is 2. The van der Waals surface area contributed by atoms with Gasteiger partial charge in [-0.05, 0) is 30.9 Å². The summed E-state index contributed by atoms with van der Waals surface area (Å²) < 4.78 is 39.4. The van der Waals surface area contributed by atoms with E-state index in [9.17, 15) is 22.8 Å². The van der Waals surface area contributed by atoms with Crippen LogP contribution in [0.4, 0.5) is 13.2 Å². The van der Waals surface area contributed by atoms with Crippen molar-refractivity contribution in [3.8, 4) is 0 Å². The highest BCUT2D eigenvalue weighted by atomic mass is 35.5. The zero-order chi connectivity index (χ0) is 18.9. The third-order valence-electron chi connectivity index (χ3n) is 5.38. The Bertz CT molecular complexity index is 696.